The van der Waals surface area contributed by atoms with Crippen molar-refractivity contribution in [1.29, 1.82) is 0 Å². The highest BCUT2D eigenvalue weighted by Gasteiger charge is 2.27. The van der Waals surface area contributed by atoms with E-state index in [0.717, 1.165) is 24.1 Å². The zero-order valence-corrected chi connectivity index (χ0v) is 13.4. The van der Waals surface area contributed by atoms with E-state index in [9.17, 15) is 0 Å². The van der Waals surface area contributed by atoms with E-state index in [-0.39, 0.29) is 0 Å². The van der Waals surface area contributed by atoms with E-state index in [1.807, 2.05) is 18.6 Å². The lowest BCUT2D eigenvalue weighted by atomic mass is 9.81. The molecule has 0 bridgehead atoms. The Bertz CT molecular complexity index is 585. The van der Waals surface area contributed by atoms with Crippen molar-refractivity contribution in [1.82, 2.24) is 14.9 Å². The van der Waals surface area contributed by atoms with Gasteiger partial charge in [-0.3, -0.25) is 0 Å². The van der Waals surface area contributed by atoms with Crippen LogP contribution in [0.1, 0.15) is 19.8 Å². The van der Waals surface area contributed by atoms with Crippen LogP contribution < -0.4 is 5.32 Å². The molecule has 0 spiro atoms. The Hall–Kier alpha value is -1.13. The SMILES string of the molecule is CC1(Cn2cncc2-c2ccccc2Br)CCNCC1. The van der Waals surface area contributed by atoms with Gasteiger partial charge in [0, 0.05) is 16.6 Å². The Morgan fingerprint density at radius 3 is 2.80 bits per heavy atom. The molecule has 4 heteroatoms. The quantitative estimate of drug-likeness (QED) is 0.928. The van der Waals surface area contributed by atoms with E-state index in [1.54, 1.807) is 0 Å². The molecule has 1 fully saturated rings. The van der Waals surface area contributed by atoms with Crippen LogP contribution in [-0.2, 0) is 6.54 Å². The molecule has 2 heterocycles. The predicted octanol–water partition coefficient (Wildman–Crippen LogP) is 3.70. The van der Waals surface area contributed by atoms with Crippen LogP contribution in [0.25, 0.3) is 11.3 Å². The van der Waals surface area contributed by atoms with Gasteiger partial charge in [0.1, 0.15) is 0 Å². The van der Waals surface area contributed by atoms with E-state index in [0.29, 0.717) is 5.41 Å². The summed E-state index contributed by atoms with van der Waals surface area (Å²) in [5.74, 6) is 0. The van der Waals surface area contributed by atoms with Gasteiger partial charge in [-0.1, -0.05) is 41.1 Å². The third kappa shape index (κ3) is 2.81. The molecule has 1 aliphatic rings. The first-order valence-electron chi connectivity index (χ1n) is 7.14. The number of halogens is 1. The molecule has 3 nitrogen and oxygen atoms in total. The highest BCUT2D eigenvalue weighted by Crippen LogP contribution is 2.33. The van der Waals surface area contributed by atoms with Crippen molar-refractivity contribution in [3.63, 3.8) is 0 Å². The molecule has 106 valence electrons. The van der Waals surface area contributed by atoms with Gasteiger partial charge in [0.05, 0.1) is 18.2 Å². The van der Waals surface area contributed by atoms with Gasteiger partial charge in [0.15, 0.2) is 0 Å². The fraction of sp³-hybridized carbons (Fsp3) is 0.438. The topological polar surface area (TPSA) is 29.9 Å². The lowest BCUT2D eigenvalue weighted by Crippen LogP contribution is -2.37. The standard InChI is InChI=1S/C16H20BrN3/c1-16(6-8-18-9-7-16)11-20-12-19-10-15(20)13-4-2-3-5-14(13)17/h2-5,10,12,18H,6-9,11H2,1H3. The van der Waals surface area contributed by atoms with E-state index >= 15 is 0 Å². The van der Waals surface area contributed by atoms with Gasteiger partial charge in [-0.15, -0.1) is 0 Å². The average molecular weight is 334 g/mol. The third-order valence-electron chi connectivity index (χ3n) is 4.22. The van der Waals surface area contributed by atoms with Crippen molar-refractivity contribution in [2.75, 3.05) is 13.1 Å². The summed E-state index contributed by atoms with van der Waals surface area (Å²) in [5, 5.41) is 3.44. The molecule has 2 aromatic rings. The Morgan fingerprint density at radius 1 is 1.30 bits per heavy atom. The fourth-order valence-electron chi connectivity index (χ4n) is 2.94. The van der Waals surface area contributed by atoms with Crippen LogP contribution in [0.3, 0.4) is 0 Å². The molecular formula is C16H20BrN3. The molecule has 3 rings (SSSR count). The Morgan fingerprint density at radius 2 is 2.05 bits per heavy atom. The molecule has 1 aromatic heterocycles. The fourth-order valence-corrected chi connectivity index (χ4v) is 3.43. The normalized spacial score (nSPS) is 18.1. The number of nitrogens with zero attached hydrogens (tertiary/aromatic N) is 2. The number of imidazole rings is 1. The summed E-state index contributed by atoms with van der Waals surface area (Å²) in [6, 6.07) is 8.34. The first kappa shape index (κ1) is 13.8. The third-order valence-corrected chi connectivity index (χ3v) is 4.92. The zero-order chi connectivity index (χ0) is 14.0. The second kappa shape index (κ2) is 5.70. The van der Waals surface area contributed by atoms with Crippen LogP contribution in [-0.4, -0.2) is 22.6 Å². The molecule has 1 N–H and O–H groups in total. The number of hydrogen-bond acceptors (Lipinski definition) is 2. The molecular weight excluding hydrogens is 314 g/mol. The smallest absolute Gasteiger partial charge is 0.0951 e. The maximum Gasteiger partial charge on any atom is 0.0951 e. The van der Waals surface area contributed by atoms with Crippen molar-refractivity contribution < 1.29 is 0 Å². The van der Waals surface area contributed by atoms with Gasteiger partial charge < -0.3 is 9.88 Å². The monoisotopic (exact) mass is 333 g/mol. The highest BCUT2D eigenvalue weighted by atomic mass is 79.9. The van der Waals surface area contributed by atoms with Crippen molar-refractivity contribution in [3.8, 4) is 11.3 Å². The van der Waals surface area contributed by atoms with E-state index in [2.05, 4.69) is 55.9 Å². The molecule has 0 unspecified atom stereocenters. The summed E-state index contributed by atoms with van der Waals surface area (Å²) >= 11 is 3.64. The lowest BCUT2D eigenvalue weighted by molar-refractivity contribution is 0.195. The van der Waals surface area contributed by atoms with Crippen molar-refractivity contribution in [2.45, 2.75) is 26.3 Å². The molecule has 0 saturated carbocycles. The molecule has 0 atom stereocenters. The van der Waals surface area contributed by atoms with Crippen LogP contribution in [0.5, 0.6) is 0 Å². The minimum absolute atomic E-state index is 0.363. The molecule has 0 radical (unpaired) electrons. The van der Waals surface area contributed by atoms with Crippen molar-refractivity contribution in [2.24, 2.45) is 5.41 Å². The van der Waals surface area contributed by atoms with Gasteiger partial charge in [0.2, 0.25) is 0 Å². The summed E-state index contributed by atoms with van der Waals surface area (Å²) in [5.41, 5.74) is 2.77. The molecule has 0 amide bonds. The summed E-state index contributed by atoms with van der Waals surface area (Å²) in [6.07, 6.45) is 6.37. The number of aromatic nitrogens is 2. The number of hydrogen-bond donors (Lipinski definition) is 1. The number of benzene rings is 1. The Balaban J connectivity index is 1.89. The van der Waals surface area contributed by atoms with E-state index in [1.165, 1.54) is 24.1 Å². The predicted molar refractivity (Wildman–Crippen MR) is 85.6 cm³/mol. The molecule has 20 heavy (non-hydrogen) atoms. The summed E-state index contributed by atoms with van der Waals surface area (Å²) in [6.45, 7) is 5.66. The van der Waals surface area contributed by atoms with Gasteiger partial charge in [-0.05, 0) is 37.4 Å². The first-order chi connectivity index (χ1) is 9.68. The number of piperidine rings is 1. The maximum absolute atomic E-state index is 4.36. The van der Waals surface area contributed by atoms with E-state index in [4.69, 9.17) is 0 Å². The summed E-state index contributed by atoms with van der Waals surface area (Å²) in [7, 11) is 0. The maximum atomic E-state index is 4.36. The Labute approximate surface area is 128 Å². The van der Waals surface area contributed by atoms with Gasteiger partial charge >= 0.3 is 0 Å². The van der Waals surface area contributed by atoms with E-state index < -0.39 is 0 Å². The van der Waals surface area contributed by atoms with Gasteiger partial charge in [-0.2, -0.15) is 0 Å². The molecule has 1 saturated heterocycles. The molecule has 1 aliphatic heterocycles. The first-order valence-corrected chi connectivity index (χ1v) is 7.93. The van der Waals surface area contributed by atoms with Crippen LogP contribution in [0.4, 0.5) is 0 Å². The zero-order valence-electron chi connectivity index (χ0n) is 11.8. The van der Waals surface area contributed by atoms with Crippen LogP contribution in [0, 0.1) is 5.41 Å². The summed E-state index contributed by atoms with van der Waals surface area (Å²) < 4.78 is 3.42. The van der Waals surface area contributed by atoms with Crippen LogP contribution in [0.15, 0.2) is 41.3 Å². The lowest BCUT2D eigenvalue weighted by Gasteiger charge is -2.34. The Kier molecular flexibility index (Phi) is 3.94. The highest BCUT2D eigenvalue weighted by molar-refractivity contribution is 9.10. The second-order valence-electron chi connectivity index (χ2n) is 5.95. The largest absolute Gasteiger partial charge is 0.330 e. The minimum Gasteiger partial charge on any atom is -0.330 e. The summed E-state index contributed by atoms with van der Waals surface area (Å²) in [4.78, 5) is 4.36. The van der Waals surface area contributed by atoms with Gasteiger partial charge in [-0.25, -0.2) is 4.98 Å². The average Bonchev–Trinajstić information content (AvgIpc) is 2.87. The number of rotatable bonds is 3. The van der Waals surface area contributed by atoms with Crippen molar-refractivity contribution >= 4 is 15.9 Å². The van der Waals surface area contributed by atoms with Crippen molar-refractivity contribution in [3.05, 3.63) is 41.3 Å². The van der Waals surface area contributed by atoms with Gasteiger partial charge in [0.25, 0.3) is 0 Å². The molecule has 0 aliphatic carbocycles. The van der Waals surface area contributed by atoms with Crippen LogP contribution in [0.2, 0.25) is 0 Å². The van der Waals surface area contributed by atoms with Crippen LogP contribution >= 0.6 is 15.9 Å². The second-order valence-corrected chi connectivity index (χ2v) is 6.80. The minimum atomic E-state index is 0.363. The number of nitrogens with one attached hydrogen (secondary N) is 1. The molecule has 1 aromatic carbocycles.